The van der Waals surface area contributed by atoms with Crippen LogP contribution in [-0.4, -0.2) is 16.5 Å². The molecule has 0 aliphatic heterocycles. The smallest absolute Gasteiger partial charge is 0.133 e. The molecule has 0 aromatic heterocycles. The van der Waals surface area contributed by atoms with Gasteiger partial charge in [-0.05, 0) is 25.7 Å². The first kappa shape index (κ1) is 14.2. The van der Waals surface area contributed by atoms with Crippen LogP contribution in [0.5, 0.6) is 0 Å². The summed E-state index contributed by atoms with van der Waals surface area (Å²) in [4.78, 5) is 11.4. The van der Waals surface area contributed by atoms with Crippen molar-refractivity contribution >= 4 is 29.0 Å². The van der Waals surface area contributed by atoms with Crippen LogP contribution in [0.15, 0.2) is 0 Å². The largest absolute Gasteiger partial charge is 0.300 e. The number of hydrogen-bond acceptors (Lipinski definition) is 1. The fourth-order valence-corrected chi connectivity index (χ4v) is 1.39. The molecule has 0 aromatic carbocycles. The number of rotatable bonds is 8. The molecule has 0 rings (SSSR count). The number of carbonyl (C=O) groups excluding carboxylic acids is 1. The molecule has 0 saturated carbocycles. The van der Waals surface area contributed by atoms with E-state index in [1.54, 1.807) is 0 Å². The van der Waals surface area contributed by atoms with E-state index in [2.05, 4.69) is 0 Å². The van der Waals surface area contributed by atoms with Crippen LogP contribution in [0.4, 0.5) is 0 Å². The van der Waals surface area contributed by atoms with Crippen molar-refractivity contribution in [1.82, 2.24) is 0 Å². The number of hydrogen-bond donors (Lipinski definition) is 0. The summed E-state index contributed by atoms with van der Waals surface area (Å²) in [6.45, 7) is 4.07. The molecule has 0 aliphatic carbocycles. The minimum Gasteiger partial charge on any atom is -0.300 e. The molecule has 0 saturated heterocycles. The minimum atomic E-state index is 0.150. The molecular formula is C11H20Cl2O. The summed E-state index contributed by atoms with van der Waals surface area (Å²) in [5, 5.41) is 0.300. The molecule has 0 aromatic rings. The third kappa shape index (κ3) is 7.64. The molecule has 0 amide bonds. The van der Waals surface area contributed by atoms with Crippen molar-refractivity contribution in [2.24, 2.45) is 0 Å². The van der Waals surface area contributed by atoms with Crippen LogP contribution < -0.4 is 0 Å². The monoisotopic (exact) mass is 238 g/mol. The Balaban J connectivity index is 3.46. The quantitative estimate of drug-likeness (QED) is 0.581. The van der Waals surface area contributed by atoms with Crippen LogP contribution in [-0.2, 0) is 4.79 Å². The topological polar surface area (TPSA) is 17.1 Å². The van der Waals surface area contributed by atoms with Gasteiger partial charge in [0.05, 0.1) is 0 Å². The van der Waals surface area contributed by atoms with Crippen LogP contribution >= 0.6 is 23.2 Å². The molecular weight excluding hydrogens is 219 g/mol. The van der Waals surface area contributed by atoms with Crippen molar-refractivity contribution in [2.45, 2.75) is 63.1 Å². The van der Waals surface area contributed by atoms with Gasteiger partial charge >= 0.3 is 0 Å². The maximum atomic E-state index is 11.4. The van der Waals surface area contributed by atoms with Crippen molar-refractivity contribution in [3.8, 4) is 0 Å². The average molecular weight is 239 g/mol. The van der Waals surface area contributed by atoms with Gasteiger partial charge in [0.2, 0.25) is 0 Å². The predicted octanol–water partition coefficient (Wildman–Crippen LogP) is 4.15. The number of Topliss-reactive ketones (excluding diaryl/α,β-unsaturated/α-hetero) is 1. The Morgan fingerprint density at radius 3 is 1.64 bits per heavy atom. The molecule has 3 heteroatoms. The van der Waals surface area contributed by atoms with E-state index in [1.165, 1.54) is 0 Å². The van der Waals surface area contributed by atoms with Crippen LogP contribution in [0, 0.1) is 0 Å². The van der Waals surface area contributed by atoms with Crippen molar-refractivity contribution in [3.63, 3.8) is 0 Å². The van der Waals surface area contributed by atoms with E-state index >= 15 is 0 Å². The Morgan fingerprint density at radius 2 is 1.36 bits per heavy atom. The molecule has 0 aliphatic rings. The Labute approximate surface area is 97.2 Å². The summed E-state index contributed by atoms with van der Waals surface area (Å²) in [7, 11) is 0. The van der Waals surface area contributed by atoms with E-state index in [9.17, 15) is 4.79 Å². The van der Waals surface area contributed by atoms with E-state index in [0.717, 1.165) is 25.7 Å². The molecule has 14 heavy (non-hydrogen) atoms. The van der Waals surface area contributed by atoms with Gasteiger partial charge in [-0.2, -0.15) is 0 Å². The van der Waals surface area contributed by atoms with Gasteiger partial charge in [0.1, 0.15) is 5.78 Å². The van der Waals surface area contributed by atoms with Crippen LogP contribution in [0.3, 0.4) is 0 Å². The molecule has 0 N–H and O–H groups in total. The second kappa shape index (κ2) is 8.55. The molecule has 0 fully saturated rings. The van der Waals surface area contributed by atoms with E-state index in [1.807, 2.05) is 13.8 Å². The van der Waals surface area contributed by atoms with Crippen molar-refractivity contribution < 1.29 is 4.79 Å². The minimum absolute atomic E-state index is 0.150. The van der Waals surface area contributed by atoms with Crippen molar-refractivity contribution in [1.29, 1.82) is 0 Å². The summed E-state index contributed by atoms with van der Waals surface area (Å²) >= 11 is 11.8. The predicted molar refractivity (Wildman–Crippen MR) is 63.3 cm³/mol. The lowest BCUT2D eigenvalue weighted by molar-refractivity contribution is -0.119. The highest BCUT2D eigenvalue weighted by Crippen LogP contribution is 2.14. The molecule has 0 heterocycles. The molecule has 2 atom stereocenters. The normalized spacial score (nSPS) is 15.1. The zero-order chi connectivity index (χ0) is 11.0. The Bertz CT molecular complexity index is 143. The zero-order valence-corrected chi connectivity index (χ0v) is 10.6. The first-order valence-electron chi connectivity index (χ1n) is 5.39. The van der Waals surface area contributed by atoms with E-state index in [-0.39, 0.29) is 10.8 Å². The maximum Gasteiger partial charge on any atom is 0.133 e. The lowest BCUT2D eigenvalue weighted by Gasteiger charge is -2.07. The van der Waals surface area contributed by atoms with Crippen LogP contribution in [0.25, 0.3) is 0 Å². The second-order valence-corrected chi connectivity index (χ2v) is 4.86. The van der Waals surface area contributed by atoms with Gasteiger partial charge in [0, 0.05) is 23.6 Å². The van der Waals surface area contributed by atoms with Gasteiger partial charge in [-0.3, -0.25) is 4.79 Å². The summed E-state index contributed by atoms with van der Waals surface area (Å²) in [6, 6.07) is 0. The van der Waals surface area contributed by atoms with E-state index in [4.69, 9.17) is 23.2 Å². The zero-order valence-electron chi connectivity index (χ0n) is 9.06. The fourth-order valence-electron chi connectivity index (χ4n) is 1.17. The van der Waals surface area contributed by atoms with Crippen molar-refractivity contribution in [2.75, 3.05) is 0 Å². The van der Waals surface area contributed by atoms with E-state index in [0.29, 0.717) is 18.6 Å². The summed E-state index contributed by atoms with van der Waals surface area (Å²) in [5.41, 5.74) is 0. The highest BCUT2D eigenvalue weighted by molar-refractivity contribution is 6.21. The van der Waals surface area contributed by atoms with E-state index < -0.39 is 0 Å². The maximum absolute atomic E-state index is 11.4. The van der Waals surface area contributed by atoms with Gasteiger partial charge in [0.15, 0.2) is 0 Å². The number of ketones is 1. The summed E-state index contributed by atoms with van der Waals surface area (Å²) < 4.78 is 0. The van der Waals surface area contributed by atoms with Gasteiger partial charge < -0.3 is 0 Å². The van der Waals surface area contributed by atoms with Gasteiger partial charge in [-0.25, -0.2) is 0 Å². The highest BCUT2D eigenvalue weighted by atomic mass is 35.5. The molecule has 0 radical (unpaired) electrons. The van der Waals surface area contributed by atoms with Crippen LogP contribution in [0.2, 0.25) is 0 Å². The molecule has 0 spiro atoms. The molecule has 2 unspecified atom stereocenters. The Kier molecular flexibility index (Phi) is 8.70. The SMILES string of the molecule is CCC(Cl)CCC(=O)CCC(Cl)CC. The second-order valence-electron chi connectivity index (χ2n) is 3.63. The average Bonchev–Trinajstić information content (AvgIpc) is 2.22. The van der Waals surface area contributed by atoms with Crippen molar-refractivity contribution in [3.05, 3.63) is 0 Å². The lowest BCUT2D eigenvalue weighted by Crippen LogP contribution is -2.06. The number of halogens is 2. The van der Waals surface area contributed by atoms with Crippen LogP contribution in [0.1, 0.15) is 52.4 Å². The molecule has 84 valence electrons. The van der Waals surface area contributed by atoms with Gasteiger partial charge in [-0.15, -0.1) is 23.2 Å². The van der Waals surface area contributed by atoms with Gasteiger partial charge in [-0.1, -0.05) is 13.8 Å². The third-order valence-electron chi connectivity index (χ3n) is 2.36. The summed E-state index contributed by atoms with van der Waals surface area (Å²) in [5.74, 6) is 0.295. The Morgan fingerprint density at radius 1 is 1.00 bits per heavy atom. The number of alkyl halides is 2. The lowest BCUT2D eigenvalue weighted by atomic mass is 10.1. The first-order valence-corrected chi connectivity index (χ1v) is 6.27. The summed E-state index contributed by atoms with van der Waals surface area (Å²) in [6.07, 6.45) is 4.68. The molecule has 0 bridgehead atoms. The standard InChI is InChI=1S/C11H20Cl2O/c1-3-9(12)5-7-11(14)8-6-10(13)4-2/h9-10H,3-8H2,1-2H3. The Hall–Kier alpha value is 0.250. The highest BCUT2D eigenvalue weighted by Gasteiger charge is 2.09. The first-order chi connectivity index (χ1) is 6.60. The van der Waals surface area contributed by atoms with Gasteiger partial charge in [0.25, 0.3) is 0 Å². The third-order valence-corrected chi connectivity index (χ3v) is 3.41. The molecule has 1 nitrogen and oxygen atoms in total. The fraction of sp³-hybridized carbons (Fsp3) is 0.909. The number of carbonyl (C=O) groups is 1.